The van der Waals surface area contributed by atoms with E-state index in [-0.39, 0.29) is 11.5 Å². The number of hydrazine groups is 1. The Morgan fingerprint density at radius 2 is 1.82 bits per heavy atom. The molecule has 1 aliphatic rings. The second kappa shape index (κ2) is 5.73. The fourth-order valence-corrected chi connectivity index (χ4v) is 2.21. The summed E-state index contributed by atoms with van der Waals surface area (Å²) in [6.45, 7) is 0. The summed E-state index contributed by atoms with van der Waals surface area (Å²) in [5.41, 5.74) is 4.01. The van der Waals surface area contributed by atoms with Crippen LogP contribution in [0, 0.1) is 0 Å². The van der Waals surface area contributed by atoms with Gasteiger partial charge in [-0.3, -0.25) is 15.0 Å². The Balaban J connectivity index is 1.93. The van der Waals surface area contributed by atoms with Crippen molar-refractivity contribution in [2.24, 2.45) is 0 Å². The number of ether oxygens (including phenoxy) is 1. The first kappa shape index (κ1) is 13.9. The van der Waals surface area contributed by atoms with Gasteiger partial charge in [-0.15, -0.1) is 0 Å². The maximum atomic E-state index is 12.4. The van der Waals surface area contributed by atoms with Gasteiger partial charge in [0.15, 0.2) is 0 Å². The molecule has 2 aromatic carbocycles. The molecule has 0 spiro atoms. The Morgan fingerprint density at radius 1 is 1.05 bits per heavy atom. The lowest BCUT2D eigenvalue weighted by atomic mass is 10.1. The lowest BCUT2D eigenvalue weighted by molar-refractivity contribution is -0.117. The molecule has 1 fully saturated rings. The monoisotopic (exact) mass is 294 g/mol. The molecule has 0 aromatic heterocycles. The number of benzene rings is 2. The molecule has 5 nitrogen and oxygen atoms in total. The highest BCUT2D eigenvalue weighted by Crippen LogP contribution is 2.22. The minimum absolute atomic E-state index is 0.0945. The number of nitrogens with zero attached hydrogens (tertiary/aromatic N) is 1. The molecule has 2 amide bonds. The zero-order valence-corrected chi connectivity index (χ0v) is 11.9. The summed E-state index contributed by atoms with van der Waals surface area (Å²) < 4.78 is 5.14. The molecule has 0 radical (unpaired) electrons. The first-order valence-electron chi connectivity index (χ1n) is 6.75. The topological polar surface area (TPSA) is 58.6 Å². The van der Waals surface area contributed by atoms with E-state index in [0.717, 1.165) is 5.56 Å². The van der Waals surface area contributed by atoms with Gasteiger partial charge in [-0.2, -0.15) is 0 Å². The second-order valence-electron chi connectivity index (χ2n) is 4.75. The number of amides is 2. The number of methoxy groups -OCH3 is 1. The standard InChI is InChI=1S/C17H14N2O3/c1-22-14-9-5-6-12(10-14)11-15-16(20)18-19(17(15)21)13-7-3-2-4-8-13/h2-11H,1H3,(H,18,20). The summed E-state index contributed by atoms with van der Waals surface area (Å²) >= 11 is 0. The van der Waals surface area contributed by atoms with E-state index >= 15 is 0 Å². The number of anilines is 1. The largest absolute Gasteiger partial charge is 0.497 e. The molecule has 1 saturated heterocycles. The summed E-state index contributed by atoms with van der Waals surface area (Å²) in [5, 5.41) is 1.24. The van der Waals surface area contributed by atoms with Crippen molar-refractivity contribution in [3.8, 4) is 5.75 Å². The molecular formula is C17H14N2O3. The number of hydrogen-bond acceptors (Lipinski definition) is 3. The molecule has 1 aliphatic heterocycles. The number of carbonyl (C=O) groups excluding carboxylic acids is 2. The number of carbonyl (C=O) groups is 2. The highest BCUT2D eigenvalue weighted by atomic mass is 16.5. The zero-order valence-electron chi connectivity index (χ0n) is 11.9. The van der Waals surface area contributed by atoms with E-state index in [4.69, 9.17) is 4.74 Å². The molecule has 3 rings (SSSR count). The summed E-state index contributed by atoms with van der Waals surface area (Å²) in [6, 6.07) is 16.1. The molecule has 0 unspecified atom stereocenters. The summed E-state index contributed by atoms with van der Waals surface area (Å²) in [4.78, 5) is 24.5. The molecular weight excluding hydrogens is 280 g/mol. The van der Waals surface area contributed by atoms with Gasteiger partial charge in [0.25, 0.3) is 11.8 Å². The van der Waals surface area contributed by atoms with Gasteiger partial charge in [-0.25, -0.2) is 5.01 Å². The van der Waals surface area contributed by atoms with Crippen molar-refractivity contribution in [2.75, 3.05) is 12.1 Å². The highest BCUT2D eigenvalue weighted by Gasteiger charge is 2.34. The van der Waals surface area contributed by atoms with E-state index in [1.807, 2.05) is 6.07 Å². The third-order valence-corrected chi connectivity index (χ3v) is 3.31. The van der Waals surface area contributed by atoms with Crippen molar-refractivity contribution in [1.82, 2.24) is 5.43 Å². The lowest BCUT2D eigenvalue weighted by Crippen LogP contribution is -2.35. The van der Waals surface area contributed by atoms with Gasteiger partial charge in [-0.05, 0) is 35.9 Å². The van der Waals surface area contributed by atoms with E-state index in [0.29, 0.717) is 11.4 Å². The van der Waals surface area contributed by atoms with E-state index in [9.17, 15) is 9.59 Å². The smallest absolute Gasteiger partial charge is 0.282 e. The Kier molecular flexibility index (Phi) is 3.62. The first-order chi connectivity index (χ1) is 10.7. The quantitative estimate of drug-likeness (QED) is 0.697. The van der Waals surface area contributed by atoms with Crippen LogP contribution in [-0.2, 0) is 9.59 Å². The Bertz CT molecular complexity index is 754. The highest BCUT2D eigenvalue weighted by molar-refractivity contribution is 6.31. The van der Waals surface area contributed by atoms with E-state index in [1.165, 1.54) is 5.01 Å². The Labute approximate surface area is 127 Å². The van der Waals surface area contributed by atoms with Crippen LogP contribution in [0.1, 0.15) is 5.56 Å². The van der Waals surface area contributed by atoms with Crippen molar-refractivity contribution in [1.29, 1.82) is 0 Å². The molecule has 5 heteroatoms. The van der Waals surface area contributed by atoms with Gasteiger partial charge in [0.1, 0.15) is 11.3 Å². The zero-order chi connectivity index (χ0) is 15.5. The lowest BCUT2D eigenvalue weighted by Gasteiger charge is -2.13. The Hall–Kier alpha value is -3.08. The number of para-hydroxylation sites is 1. The van der Waals surface area contributed by atoms with Crippen LogP contribution in [0.2, 0.25) is 0 Å². The van der Waals surface area contributed by atoms with E-state index < -0.39 is 5.91 Å². The molecule has 2 aromatic rings. The van der Waals surface area contributed by atoms with Crippen molar-refractivity contribution in [3.63, 3.8) is 0 Å². The normalized spacial score (nSPS) is 16.0. The van der Waals surface area contributed by atoms with Crippen molar-refractivity contribution in [2.45, 2.75) is 0 Å². The van der Waals surface area contributed by atoms with Crippen LogP contribution in [-0.4, -0.2) is 18.9 Å². The minimum atomic E-state index is -0.420. The summed E-state index contributed by atoms with van der Waals surface area (Å²) in [6.07, 6.45) is 1.56. The van der Waals surface area contributed by atoms with Crippen LogP contribution >= 0.6 is 0 Å². The molecule has 0 atom stereocenters. The predicted octanol–water partition coefficient (Wildman–Crippen LogP) is 2.16. The van der Waals surface area contributed by atoms with Gasteiger partial charge >= 0.3 is 0 Å². The average Bonchev–Trinajstić information content (AvgIpc) is 2.84. The molecule has 0 aliphatic carbocycles. The van der Waals surface area contributed by atoms with E-state index in [2.05, 4.69) is 5.43 Å². The van der Waals surface area contributed by atoms with E-state index in [1.54, 1.807) is 61.7 Å². The fourth-order valence-electron chi connectivity index (χ4n) is 2.21. The minimum Gasteiger partial charge on any atom is -0.497 e. The summed E-state index contributed by atoms with van der Waals surface area (Å²) in [7, 11) is 1.57. The van der Waals surface area contributed by atoms with Gasteiger partial charge in [0.2, 0.25) is 0 Å². The van der Waals surface area contributed by atoms with Crippen LogP contribution < -0.4 is 15.2 Å². The molecule has 110 valence electrons. The number of nitrogens with one attached hydrogen (secondary N) is 1. The summed E-state index contributed by atoms with van der Waals surface area (Å²) in [5.74, 6) is -0.129. The maximum absolute atomic E-state index is 12.4. The van der Waals surface area contributed by atoms with Crippen LogP contribution in [0.3, 0.4) is 0 Å². The number of rotatable bonds is 3. The molecule has 1 heterocycles. The predicted molar refractivity (Wildman–Crippen MR) is 83.0 cm³/mol. The molecule has 1 N–H and O–H groups in total. The van der Waals surface area contributed by atoms with Gasteiger partial charge < -0.3 is 4.74 Å². The molecule has 22 heavy (non-hydrogen) atoms. The van der Waals surface area contributed by atoms with Crippen molar-refractivity contribution in [3.05, 3.63) is 65.7 Å². The fraction of sp³-hybridized carbons (Fsp3) is 0.0588. The Morgan fingerprint density at radius 3 is 2.55 bits per heavy atom. The van der Waals surface area contributed by atoms with Crippen LogP contribution in [0.4, 0.5) is 5.69 Å². The van der Waals surface area contributed by atoms with Crippen LogP contribution in [0.5, 0.6) is 5.75 Å². The SMILES string of the molecule is COc1cccc(C=C2C(=O)NN(c3ccccc3)C2=O)c1. The van der Waals surface area contributed by atoms with Gasteiger partial charge in [0, 0.05) is 0 Å². The maximum Gasteiger partial charge on any atom is 0.282 e. The van der Waals surface area contributed by atoms with Crippen LogP contribution in [0.15, 0.2) is 60.2 Å². The van der Waals surface area contributed by atoms with Crippen molar-refractivity contribution >= 4 is 23.6 Å². The third kappa shape index (κ3) is 2.56. The first-order valence-corrected chi connectivity index (χ1v) is 6.75. The van der Waals surface area contributed by atoms with Gasteiger partial charge in [-0.1, -0.05) is 30.3 Å². The van der Waals surface area contributed by atoms with Crippen LogP contribution in [0.25, 0.3) is 6.08 Å². The molecule has 0 saturated carbocycles. The average molecular weight is 294 g/mol. The van der Waals surface area contributed by atoms with Gasteiger partial charge in [0.05, 0.1) is 12.8 Å². The number of hydrogen-bond donors (Lipinski definition) is 1. The molecule has 0 bridgehead atoms. The second-order valence-corrected chi connectivity index (χ2v) is 4.75. The van der Waals surface area contributed by atoms with Crippen molar-refractivity contribution < 1.29 is 14.3 Å². The third-order valence-electron chi connectivity index (χ3n) is 3.31.